The third-order valence-corrected chi connectivity index (χ3v) is 4.39. The Kier molecular flexibility index (Phi) is 5.46. The highest BCUT2D eigenvalue weighted by Gasteiger charge is 2.25. The van der Waals surface area contributed by atoms with Crippen molar-refractivity contribution < 1.29 is 19.4 Å². The van der Waals surface area contributed by atoms with E-state index in [-0.39, 0.29) is 24.0 Å². The summed E-state index contributed by atoms with van der Waals surface area (Å²) in [5, 5.41) is 9.25. The van der Waals surface area contributed by atoms with Crippen LogP contribution in [0.2, 0.25) is 0 Å². The lowest BCUT2D eigenvalue weighted by molar-refractivity contribution is -0.138. The number of ether oxygens (including phenoxy) is 1. The van der Waals surface area contributed by atoms with Gasteiger partial charge in [0.2, 0.25) is 5.91 Å². The Balaban J connectivity index is 1.63. The maximum absolute atomic E-state index is 12.6. The molecule has 1 amide bonds. The largest absolute Gasteiger partial charge is 0.478 e. The monoisotopic (exact) mass is 339 g/mol. The van der Waals surface area contributed by atoms with Crippen molar-refractivity contribution in [1.29, 1.82) is 0 Å². The Morgan fingerprint density at radius 1 is 1.08 bits per heavy atom. The van der Waals surface area contributed by atoms with E-state index in [1.165, 1.54) is 11.6 Å². The first-order valence-corrected chi connectivity index (χ1v) is 8.38. The highest BCUT2D eigenvalue weighted by atomic mass is 16.5. The molecule has 1 atom stereocenters. The molecule has 0 saturated carbocycles. The van der Waals surface area contributed by atoms with Gasteiger partial charge < -0.3 is 14.7 Å². The van der Waals surface area contributed by atoms with Crippen molar-refractivity contribution in [1.82, 2.24) is 4.90 Å². The molecule has 2 aromatic carbocycles. The summed E-state index contributed by atoms with van der Waals surface area (Å²) >= 11 is 0. The van der Waals surface area contributed by atoms with Crippen LogP contribution in [0.5, 0.6) is 0 Å². The van der Waals surface area contributed by atoms with E-state index in [4.69, 9.17) is 4.74 Å². The third kappa shape index (κ3) is 4.45. The van der Waals surface area contributed by atoms with E-state index in [2.05, 4.69) is 0 Å². The van der Waals surface area contributed by atoms with Crippen LogP contribution in [0.1, 0.15) is 21.5 Å². The molecule has 2 aromatic rings. The minimum absolute atomic E-state index is 0.0326. The molecule has 3 rings (SSSR count). The number of aromatic carboxylic acids is 1. The van der Waals surface area contributed by atoms with Crippen molar-refractivity contribution in [3.63, 3.8) is 0 Å². The van der Waals surface area contributed by atoms with Crippen molar-refractivity contribution in [2.75, 3.05) is 19.7 Å². The van der Waals surface area contributed by atoms with Crippen molar-refractivity contribution in [2.24, 2.45) is 0 Å². The number of carboxylic acids is 1. The van der Waals surface area contributed by atoms with Crippen LogP contribution in [0.3, 0.4) is 0 Å². The predicted molar refractivity (Wildman–Crippen MR) is 93.6 cm³/mol. The smallest absolute Gasteiger partial charge is 0.335 e. The summed E-state index contributed by atoms with van der Waals surface area (Å²) in [6.45, 7) is 1.58. The zero-order valence-electron chi connectivity index (χ0n) is 13.9. The number of hydrogen-bond acceptors (Lipinski definition) is 3. The molecule has 1 heterocycles. The summed E-state index contributed by atoms with van der Waals surface area (Å²) in [5.74, 6) is -1.07. The molecule has 1 aliphatic heterocycles. The highest BCUT2D eigenvalue weighted by Crippen LogP contribution is 2.15. The second-order valence-electron chi connectivity index (χ2n) is 6.16. The number of carboxylic acid groups (broad SMARTS) is 1. The first-order chi connectivity index (χ1) is 12.1. The van der Waals surface area contributed by atoms with E-state index in [1.807, 2.05) is 30.3 Å². The van der Waals surface area contributed by atoms with Gasteiger partial charge in [0.05, 0.1) is 24.7 Å². The van der Waals surface area contributed by atoms with Crippen LogP contribution in [0.4, 0.5) is 0 Å². The fourth-order valence-electron chi connectivity index (χ4n) is 3.10. The van der Waals surface area contributed by atoms with Crippen LogP contribution < -0.4 is 0 Å². The second-order valence-corrected chi connectivity index (χ2v) is 6.16. The summed E-state index contributed by atoms with van der Waals surface area (Å²) < 4.78 is 5.79. The number of carbonyl (C=O) groups is 2. The average molecular weight is 339 g/mol. The van der Waals surface area contributed by atoms with Crippen LogP contribution in [0.25, 0.3) is 0 Å². The van der Waals surface area contributed by atoms with Crippen LogP contribution in [0.15, 0.2) is 54.6 Å². The van der Waals surface area contributed by atoms with Crippen LogP contribution in [0, 0.1) is 0 Å². The van der Waals surface area contributed by atoms with Crippen LogP contribution in [-0.4, -0.2) is 47.7 Å². The Labute approximate surface area is 146 Å². The lowest BCUT2D eigenvalue weighted by Crippen LogP contribution is -2.47. The molecule has 5 heteroatoms. The van der Waals surface area contributed by atoms with Gasteiger partial charge in [-0.15, -0.1) is 0 Å². The van der Waals surface area contributed by atoms with Gasteiger partial charge in [-0.25, -0.2) is 4.79 Å². The van der Waals surface area contributed by atoms with Crippen molar-refractivity contribution >= 4 is 11.9 Å². The SMILES string of the molecule is O=C(O)c1ccccc1CC(=O)N1CCOC(Cc2ccccc2)C1. The molecule has 0 radical (unpaired) electrons. The molecule has 25 heavy (non-hydrogen) atoms. The van der Waals surface area contributed by atoms with E-state index in [0.29, 0.717) is 25.3 Å². The highest BCUT2D eigenvalue weighted by molar-refractivity contribution is 5.91. The van der Waals surface area contributed by atoms with Gasteiger partial charge in [0, 0.05) is 19.5 Å². The first-order valence-electron chi connectivity index (χ1n) is 8.38. The summed E-state index contributed by atoms with van der Waals surface area (Å²) in [4.78, 5) is 25.7. The molecule has 1 N–H and O–H groups in total. The van der Waals surface area contributed by atoms with E-state index in [1.54, 1.807) is 23.1 Å². The number of morpholine rings is 1. The summed E-state index contributed by atoms with van der Waals surface area (Å²) in [6.07, 6.45) is 0.825. The fraction of sp³-hybridized carbons (Fsp3) is 0.300. The topological polar surface area (TPSA) is 66.8 Å². The third-order valence-electron chi connectivity index (χ3n) is 4.39. The van der Waals surface area contributed by atoms with Gasteiger partial charge >= 0.3 is 5.97 Å². The molecule has 1 unspecified atom stereocenters. The number of nitrogens with zero attached hydrogens (tertiary/aromatic N) is 1. The van der Waals surface area contributed by atoms with Gasteiger partial charge in [-0.1, -0.05) is 48.5 Å². The molecule has 5 nitrogen and oxygen atoms in total. The Morgan fingerprint density at radius 3 is 2.56 bits per heavy atom. The molecule has 130 valence electrons. The van der Waals surface area contributed by atoms with Crippen molar-refractivity contribution in [3.05, 3.63) is 71.3 Å². The lowest BCUT2D eigenvalue weighted by atomic mass is 10.0. The molecule has 1 fully saturated rings. The Bertz CT molecular complexity index is 744. The van der Waals surface area contributed by atoms with Gasteiger partial charge in [-0.2, -0.15) is 0 Å². The molecule has 0 bridgehead atoms. The maximum atomic E-state index is 12.6. The minimum Gasteiger partial charge on any atom is -0.478 e. The van der Waals surface area contributed by atoms with Crippen molar-refractivity contribution in [2.45, 2.75) is 18.9 Å². The number of benzene rings is 2. The van der Waals surface area contributed by atoms with Gasteiger partial charge in [-0.3, -0.25) is 4.79 Å². The molecular weight excluding hydrogens is 318 g/mol. The molecule has 1 aliphatic rings. The quantitative estimate of drug-likeness (QED) is 0.908. The van der Waals surface area contributed by atoms with Crippen molar-refractivity contribution in [3.8, 4) is 0 Å². The summed E-state index contributed by atoms with van der Waals surface area (Å²) in [5.41, 5.74) is 1.91. The maximum Gasteiger partial charge on any atom is 0.335 e. The zero-order chi connectivity index (χ0) is 17.6. The second kappa shape index (κ2) is 7.94. The first kappa shape index (κ1) is 17.2. The van der Waals surface area contributed by atoms with Crippen LogP contribution >= 0.6 is 0 Å². The zero-order valence-corrected chi connectivity index (χ0v) is 13.9. The number of rotatable bonds is 5. The molecule has 1 saturated heterocycles. The van der Waals surface area contributed by atoms with E-state index < -0.39 is 5.97 Å². The van der Waals surface area contributed by atoms with Gasteiger partial charge in [-0.05, 0) is 17.2 Å². The lowest BCUT2D eigenvalue weighted by Gasteiger charge is -2.33. The summed E-state index contributed by atoms with van der Waals surface area (Å²) in [6, 6.07) is 16.7. The fourth-order valence-corrected chi connectivity index (χ4v) is 3.10. The van der Waals surface area contributed by atoms with E-state index in [9.17, 15) is 14.7 Å². The normalized spacial score (nSPS) is 17.3. The van der Waals surface area contributed by atoms with E-state index >= 15 is 0 Å². The standard InChI is InChI=1S/C20H21NO4/c22-19(13-16-8-4-5-9-18(16)20(23)24)21-10-11-25-17(14-21)12-15-6-2-1-3-7-15/h1-9,17H,10-14H2,(H,23,24). The average Bonchev–Trinajstić information content (AvgIpc) is 2.63. The van der Waals surface area contributed by atoms with E-state index in [0.717, 1.165) is 6.42 Å². The summed E-state index contributed by atoms with van der Waals surface area (Å²) in [7, 11) is 0. The van der Waals surface area contributed by atoms with Crippen LogP contribution in [-0.2, 0) is 22.4 Å². The van der Waals surface area contributed by atoms with Gasteiger partial charge in [0.15, 0.2) is 0 Å². The number of hydrogen-bond donors (Lipinski definition) is 1. The molecular formula is C20H21NO4. The predicted octanol–water partition coefficient (Wildman–Crippen LogP) is 2.40. The number of carbonyl (C=O) groups excluding carboxylic acids is 1. The Morgan fingerprint density at radius 2 is 1.80 bits per heavy atom. The molecule has 0 spiro atoms. The van der Waals surface area contributed by atoms with Gasteiger partial charge in [0.1, 0.15) is 0 Å². The number of amides is 1. The molecule has 0 aliphatic carbocycles. The minimum atomic E-state index is -1.01. The Hall–Kier alpha value is -2.66. The molecule has 0 aromatic heterocycles. The van der Waals surface area contributed by atoms with Gasteiger partial charge in [0.25, 0.3) is 0 Å².